The Morgan fingerprint density at radius 1 is 1.38 bits per heavy atom. The lowest BCUT2D eigenvalue weighted by atomic mass is 9.85. The number of hydrogen-bond acceptors (Lipinski definition) is 2. The standard InChI is InChI=1S/C14H23NO/c1-11(12-8-9-16-10-12)15-14(2,3)13-6-4-5-7-13/h8-11,13,15H,4-7H2,1-3H3. The van der Waals surface area contributed by atoms with Crippen molar-refractivity contribution in [3.8, 4) is 0 Å². The van der Waals surface area contributed by atoms with E-state index in [1.807, 2.05) is 12.3 Å². The van der Waals surface area contributed by atoms with E-state index in [1.54, 1.807) is 6.26 Å². The molecule has 0 radical (unpaired) electrons. The fourth-order valence-electron chi connectivity index (χ4n) is 2.93. The molecule has 0 bridgehead atoms. The lowest BCUT2D eigenvalue weighted by Gasteiger charge is -2.35. The van der Waals surface area contributed by atoms with Crippen LogP contribution in [0.3, 0.4) is 0 Å². The zero-order valence-electron chi connectivity index (χ0n) is 10.6. The molecule has 2 rings (SSSR count). The minimum atomic E-state index is 0.229. The van der Waals surface area contributed by atoms with Gasteiger partial charge in [-0.05, 0) is 45.6 Å². The van der Waals surface area contributed by atoms with Gasteiger partial charge in [0.2, 0.25) is 0 Å². The van der Waals surface area contributed by atoms with Crippen LogP contribution >= 0.6 is 0 Å². The molecule has 0 amide bonds. The van der Waals surface area contributed by atoms with Crippen molar-refractivity contribution in [3.63, 3.8) is 0 Å². The summed E-state index contributed by atoms with van der Waals surface area (Å²) in [5.41, 5.74) is 1.47. The van der Waals surface area contributed by atoms with Gasteiger partial charge in [0.05, 0.1) is 12.5 Å². The average Bonchev–Trinajstić information content (AvgIpc) is 2.91. The van der Waals surface area contributed by atoms with Crippen molar-refractivity contribution in [2.75, 3.05) is 0 Å². The Morgan fingerprint density at radius 3 is 2.62 bits per heavy atom. The van der Waals surface area contributed by atoms with Crippen LogP contribution in [0.5, 0.6) is 0 Å². The number of hydrogen-bond donors (Lipinski definition) is 1. The van der Waals surface area contributed by atoms with E-state index in [9.17, 15) is 0 Å². The molecule has 1 N–H and O–H groups in total. The van der Waals surface area contributed by atoms with Gasteiger partial charge in [0.1, 0.15) is 0 Å². The molecule has 2 nitrogen and oxygen atoms in total. The average molecular weight is 221 g/mol. The highest BCUT2D eigenvalue weighted by molar-refractivity contribution is 5.11. The van der Waals surface area contributed by atoms with E-state index in [0.717, 1.165) is 5.92 Å². The van der Waals surface area contributed by atoms with Crippen LogP contribution in [0.4, 0.5) is 0 Å². The highest BCUT2D eigenvalue weighted by Crippen LogP contribution is 2.35. The highest BCUT2D eigenvalue weighted by Gasteiger charge is 2.32. The molecular formula is C14H23NO. The highest BCUT2D eigenvalue weighted by atomic mass is 16.3. The maximum atomic E-state index is 5.14. The van der Waals surface area contributed by atoms with Crippen molar-refractivity contribution in [3.05, 3.63) is 24.2 Å². The van der Waals surface area contributed by atoms with Crippen LogP contribution in [0.25, 0.3) is 0 Å². The third kappa shape index (κ3) is 2.49. The van der Waals surface area contributed by atoms with Crippen molar-refractivity contribution >= 4 is 0 Å². The minimum absolute atomic E-state index is 0.229. The molecule has 1 fully saturated rings. The molecule has 1 heterocycles. The minimum Gasteiger partial charge on any atom is -0.472 e. The number of rotatable bonds is 4. The summed E-state index contributed by atoms with van der Waals surface area (Å²) in [7, 11) is 0. The van der Waals surface area contributed by atoms with Crippen molar-refractivity contribution in [2.24, 2.45) is 5.92 Å². The molecule has 0 saturated heterocycles. The van der Waals surface area contributed by atoms with E-state index in [2.05, 4.69) is 26.1 Å². The summed E-state index contributed by atoms with van der Waals surface area (Å²) in [6.45, 7) is 6.88. The molecular weight excluding hydrogens is 198 g/mol. The number of furan rings is 1. The summed E-state index contributed by atoms with van der Waals surface area (Å²) in [5, 5.41) is 3.74. The zero-order valence-corrected chi connectivity index (χ0v) is 10.6. The summed E-state index contributed by atoms with van der Waals surface area (Å²) >= 11 is 0. The largest absolute Gasteiger partial charge is 0.472 e. The van der Waals surface area contributed by atoms with Gasteiger partial charge in [0, 0.05) is 17.1 Å². The van der Waals surface area contributed by atoms with Crippen LogP contribution in [0, 0.1) is 5.92 Å². The first-order chi connectivity index (χ1) is 7.59. The Balaban J connectivity index is 1.97. The molecule has 1 saturated carbocycles. The number of nitrogens with one attached hydrogen (secondary N) is 1. The SMILES string of the molecule is CC(NC(C)(C)C1CCCC1)c1ccoc1. The summed E-state index contributed by atoms with van der Waals surface area (Å²) in [6, 6.07) is 2.41. The fraction of sp³-hybridized carbons (Fsp3) is 0.714. The van der Waals surface area contributed by atoms with E-state index in [-0.39, 0.29) is 5.54 Å². The first-order valence-corrected chi connectivity index (χ1v) is 6.39. The normalized spacial score (nSPS) is 20.2. The Morgan fingerprint density at radius 2 is 2.06 bits per heavy atom. The van der Waals surface area contributed by atoms with Gasteiger partial charge >= 0.3 is 0 Å². The molecule has 1 aromatic heterocycles. The van der Waals surface area contributed by atoms with Crippen LogP contribution < -0.4 is 5.32 Å². The molecule has 0 aliphatic heterocycles. The molecule has 16 heavy (non-hydrogen) atoms. The van der Waals surface area contributed by atoms with Gasteiger partial charge in [0.15, 0.2) is 0 Å². The summed E-state index contributed by atoms with van der Waals surface area (Å²) in [6.07, 6.45) is 9.13. The molecule has 1 atom stereocenters. The van der Waals surface area contributed by atoms with Crippen molar-refractivity contribution in [2.45, 2.75) is 58.0 Å². The fourth-order valence-corrected chi connectivity index (χ4v) is 2.93. The van der Waals surface area contributed by atoms with Crippen molar-refractivity contribution in [1.29, 1.82) is 0 Å². The smallest absolute Gasteiger partial charge is 0.0950 e. The first kappa shape index (κ1) is 11.7. The predicted molar refractivity (Wildman–Crippen MR) is 66.3 cm³/mol. The Kier molecular flexibility index (Phi) is 3.38. The van der Waals surface area contributed by atoms with Crippen LogP contribution in [-0.4, -0.2) is 5.54 Å². The van der Waals surface area contributed by atoms with Gasteiger partial charge in [-0.2, -0.15) is 0 Å². The van der Waals surface area contributed by atoms with Gasteiger partial charge in [-0.3, -0.25) is 0 Å². The predicted octanol–water partition coefficient (Wildman–Crippen LogP) is 3.90. The van der Waals surface area contributed by atoms with Gasteiger partial charge in [-0.25, -0.2) is 0 Å². The zero-order chi connectivity index (χ0) is 11.6. The monoisotopic (exact) mass is 221 g/mol. The first-order valence-electron chi connectivity index (χ1n) is 6.39. The molecule has 0 aromatic carbocycles. The molecule has 90 valence electrons. The second-order valence-corrected chi connectivity index (χ2v) is 5.63. The van der Waals surface area contributed by atoms with E-state index >= 15 is 0 Å². The van der Waals surface area contributed by atoms with Gasteiger partial charge in [-0.1, -0.05) is 12.8 Å². The van der Waals surface area contributed by atoms with Crippen molar-refractivity contribution in [1.82, 2.24) is 5.32 Å². The lowest BCUT2D eigenvalue weighted by Crippen LogP contribution is -2.46. The Hall–Kier alpha value is -0.760. The topological polar surface area (TPSA) is 25.2 Å². The van der Waals surface area contributed by atoms with E-state index in [0.29, 0.717) is 6.04 Å². The summed E-state index contributed by atoms with van der Waals surface area (Å²) in [4.78, 5) is 0. The van der Waals surface area contributed by atoms with E-state index in [1.165, 1.54) is 31.2 Å². The van der Waals surface area contributed by atoms with E-state index < -0.39 is 0 Å². The maximum absolute atomic E-state index is 5.14. The Bertz CT molecular complexity index is 309. The molecule has 1 unspecified atom stereocenters. The third-order valence-electron chi connectivity index (χ3n) is 4.01. The van der Waals surface area contributed by atoms with Crippen LogP contribution in [0.1, 0.15) is 58.1 Å². The second kappa shape index (κ2) is 4.62. The molecule has 1 aliphatic rings. The van der Waals surface area contributed by atoms with Gasteiger partial charge in [-0.15, -0.1) is 0 Å². The second-order valence-electron chi connectivity index (χ2n) is 5.63. The Labute approximate surface area is 98.4 Å². The van der Waals surface area contributed by atoms with Gasteiger partial charge in [0.25, 0.3) is 0 Å². The maximum Gasteiger partial charge on any atom is 0.0950 e. The van der Waals surface area contributed by atoms with Crippen LogP contribution in [0.15, 0.2) is 23.0 Å². The molecule has 1 aliphatic carbocycles. The molecule has 1 aromatic rings. The molecule has 2 heteroatoms. The van der Waals surface area contributed by atoms with Crippen LogP contribution in [0.2, 0.25) is 0 Å². The quantitative estimate of drug-likeness (QED) is 0.834. The van der Waals surface area contributed by atoms with Crippen LogP contribution in [-0.2, 0) is 0 Å². The summed E-state index contributed by atoms with van der Waals surface area (Å²) < 4.78 is 5.14. The van der Waals surface area contributed by atoms with Gasteiger partial charge < -0.3 is 9.73 Å². The van der Waals surface area contributed by atoms with Crippen molar-refractivity contribution < 1.29 is 4.42 Å². The van der Waals surface area contributed by atoms with E-state index in [4.69, 9.17) is 4.42 Å². The lowest BCUT2D eigenvalue weighted by molar-refractivity contribution is 0.234. The third-order valence-corrected chi connectivity index (χ3v) is 4.01. The summed E-state index contributed by atoms with van der Waals surface area (Å²) in [5.74, 6) is 0.821. The molecule has 0 spiro atoms.